The van der Waals surface area contributed by atoms with Gasteiger partial charge in [-0.25, -0.2) is 19.9 Å². The first-order valence-corrected chi connectivity index (χ1v) is 9.93. The molecular weight excluding hydrogens is 366 g/mol. The highest BCUT2D eigenvalue weighted by Crippen LogP contribution is 2.47. The normalized spacial score (nSPS) is 19.9. The van der Waals surface area contributed by atoms with E-state index in [0.29, 0.717) is 17.4 Å². The number of likely N-dealkylation sites (tertiary alicyclic amines) is 1. The van der Waals surface area contributed by atoms with E-state index in [1.165, 1.54) is 17.6 Å². The number of nitrogens with one attached hydrogen (secondary N) is 2. The molecule has 1 aliphatic carbocycles. The van der Waals surface area contributed by atoms with Crippen molar-refractivity contribution in [3.63, 3.8) is 0 Å². The number of carbonyl (C=O) groups excluding carboxylic acids is 1. The van der Waals surface area contributed by atoms with Crippen molar-refractivity contribution in [3.05, 3.63) is 65.8 Å². The van der Waals surface area contributed by atoms with Crippen LogP contribution in [0.1, 0.15) is 52.4 Å². The minimum atomic E-state index is -0.191. The van der Waals surface area contributed by atoms with Crippen molar-refractivity contribution in [1.29, 1.82) is 0 Å². The van der Waals surface area contributed by atoms with Crippen LogP contribution in [0.25, 0.3) is 0 Å². The Hall–Kier alpha value is -3.29. The van der Waals surface area contributed by atoms with E-state index < -0.39 is 0 Å². The van der Waals surface area contributed by atoms with E-state index in [1.54, 1.807) is 12.4 Å². The molecule has 8 heteroatoms. The maximum absolute atomic E-state index is 12.9. The van der Waals surface area contributed by atoms with Crippen LogP contribution in [0.2, 0.25) is 0 Å². The van der Waals surface area contributed by atoms with Gasteiger partial charge < -0.3 is 15.2 Å². The van der Waals surface area contributed by atoms with Crippen LogP contribution in [0.15, 0.2) is 43.4 Å². The van der Waals surface area contributed by atoms with E-state index in [9.17, 15) is 4.79 Å². The number of hydrogen-bond donors (Lipinski definition) is 2. The van der Waals surface area contributed by atoms with E-state index >= 15 is 0 Å². The van der Waals surface area contributed by atoms with Gasteiger partial charge in [0.05, 0.1) is 11.1 Å². The first kappa shape index (κ1) is 17.8. The van der Waals surface area contributed by atoms with E-state index in [2.05, 4.69) is 43.2 Å². The molecule has 1 saturated carbocycles. The highest BCUT2D eigenvalue weighted by Gasteiger charge is 2.45. The van der Waals surface area contributed by atoms with Crippen LogP contribution in [0, 0.1) is 6.92 Å². The largest absolute Gasteiger partial charge is 0.364 e. The third-order valence-electron chi connectivity index (χ3n) is 5.88. The number of aromatic amines is 1. The molecule has 1 amide bonds. The molecule has 1 unspecified atom stereocenters. The summed E-state index contributed by atoms with van der Waals surface area (Å²) in [5.74, 6) is 0.862. The lowest BCUT2D eigenvalue weighted by atomic mass is 10.1. The number of hydrogen-bond acceptors (Lipinski definition) is 6. The van der Waals surface area contributed by atoms with Crippen molar-refractivity contribution in [2.24, 2.45) is 0 Å². The van der Waals surface area contributed by atoms with Crippen molar-refractivity contribution in [2.75, 3.05) is 18.4 Å². The number of H-pyrrole nitrogens is 1. The molecule has 0 radical (unpaired) electrons. The topological polar surface area (TPSA) is 99.7 Å². The molecule has 3 aromatic heterocycles. The van der Waals surface area contributed by atoms with Gasteiger partial charge in [0.25, 0.3) is 5.91 Å². The van der Waals surface area contributed by atoms with E-state index in [1.807, 2.05) is 23.5 Å². The van der Waals surface area contributed by atoms with Crippen molar-refractivity contribution in [1.82, 2.24) is 29.8 Å². The van der Waals surface area contributed by atoms with Crippen molar-refractivity contribution >= 4 is 11.9 Å². The standard InChI is InChI=1S/C21H23N7O/c1-14-6-18(24-7-14)15-2-5-28(12-15)19(29)16-8-25-20(26-9-16)27-21(3-4-21)17-10-22-13-23-11-17/h6-11,13,15,24H,2-5,12H2,1H3,(H,25,26,27). The van der Waals surface area contributed by atoms with Gasteiger partial charge in [-0.2, -0.15) is 0 Å². The van der Waals surface area contributed by atoms with Crippen LogP contribution < -0.4 is 5.32 Å². The monoisotopic (exact) mass is 389 g/mol. The summed E-state index contributed by atoms with van der Waals surface area (Å²) in [4.78, 5) is 35.0. The van der Waals surface area contributed by atoms with Gasteiger partial charge in [-0.05, 0) is 37.8 Å². The van der Waals surface area contributed by atoms with Crippen molar-refractivity contribution in [3.8, 4) is 0 Å². The Morgan fingerprint density at radius 1 is 1.21 bits per heavy atom. The second-order valence-electron chi connectivity index (χ2n) is 8.00. The smallest absolute Gasteiger partial charge is 0.257 e. The average Bonchev–Trinajstić information content (AvgIpc) is 3.15. The van der Waals surface area contributed by atoms with Gasteiger partial charge in [-0.15, -0.1) is 0 Å². The summed E-state index contributed by atoms with van der Waals surface area (Å²) in [7, 11) is 0. The number of amides is 1. The number of anilines is 1. The fraction of sp³-hybridized carbons (Fsp3) is 0.381. The second-order valence-corrected chi connectivity index (χ2v) is 8.00. The van der Waals surface area contributed by atoms with Gasteiger partial charge in [-0.3, -0.25) is 4.79 Å². The number of nitrogens with zero attached hydrogens (tertiary/aromatic N) is 5. The van der Waals surface area contributed by atoms with Crippen LogP contribution >= 0.6 is 0 Å². The van der Waals surface area contributed by atoms with Gasteiger partial charge in [-0.1, -0.05) is 0 Å². The molecule has 5 rings (SSSR count). The number of carbonyl (C=O) groups is 1. The Bertz CT molecular complexity index is 1010. The predicted molar refractivity (Wildman–Crippen MR) is 107 cm³/mol. The van der Waals surface area contributed by atoms with E-state index in [4.69, 9.17) is 0 Å². The highest BCUT2D eigenvalue weighted by atomic mass is 16.2. The quantitative estimate of drug-likeness (QED) is 0.696. The molecule has 0 aromatic carbocycles. The Morgan fingerprint density at radius 3 is 2.62 bits per heavy atom. The summed E-state index contributed by atoms with van der Waals surface area (Å²) in [5, 5.41) is 3.38. The zero-order chi connectivity index (χ0) is 19.8. The van der Waals surface area contributed by atoms with Crippen molar-refractivity contribution in [2.45, 2.75) is 37.6 Å². The van der Waals surface area contributed by atoms with Gasteiger partial charge in [0, 0.05) is 61.2 Å². The maximum Gasteiger partial charge on any atom is 0.257 e. The number of aromatic nitrogens is 5. The lowest BCUT2D eigenvalue weighted by molar-refractivity contribution is 0.0790. The summed E-state index contributed by atoms with van der Waals surface area (Å²) in [6.07, 6.45) is 13.3. The summed E-state index contributed by atoms with van der Waals surface area (Å²) in [6, 6.07) is 2.16. The molecular formula is C21H23N7O. The Kier molecular flexibility index (Phi) is 4.26. The molecule has 2 N–H and O–H groups in total. The lowest BCUT2D eigenvalue weighted by Crippen LogP contribution is -2.29. The van der Waals surface area contributed by atoms with Gasteiger partial charge in [0.2, 0.25) is 5.95 Å². The average molecular weight is 389 g/mol. The van der Waals surface area contributed by atoms with E-state index in [0.717, 1.165) is 37.9 Å². The molecule has 1 atom stereocenters. The third-order valence-corrected chi connectivity index (χ3v) is 5.88. The maximum atomic E-state index is 12.9. The third kappa shape index (κ3) is 3.46. The first-order valence-electron chi connectivity index (χ1n) is 9.93. The molecule has 29 heavy (non-hydrogen) atoms. The molecule has 1 aliphatic heterocycles. The van der Waals surface area contributed by atoms with Crippen LogP contribution in [0.5, 0.6) is 0 Å². The minimum absolute atomic E-state index is 0.0140. The molecule has 2 aliphatic rings. The first-order chi connectivity index (χ1) is 14.1. The van der Waals surface area contributed by atoms with E-state index in [-0.39, 0.29) is 11.4 Å². The van der Waals surface area contributed by atoms with Gasteiger partial charge >= 0.3 is 0 Å². The fourth-order valence-electron chi connectivity index (χ4n) is 4.02. The lowest BCUT2D eigenvalue weighted by Gasteiger charge is -2.18. The summed E-state index contributed by atoms with van der Waals surface area (Å²) < 4.78 is 0. The Labute approximate surface area is 168 Å². The van der Waals surface area contributed by atoms with Crippen LogP contribution in [-0.2, 0) is 5.54 Å². The molecule has 0 bridgehead atoms. The molecule has 1 saturated heterocycles. The summed E-state index contributed by atoms with van der Waals surface area (Å²) >= 11 is 0. The second kappa shape index (κ2) is 6.95. The van der Waals surface area contributed by atoms with Crippen LogP contribution in [-0.4, -0.2) is 48.8 Å². The molecule has 8 nitrogen and oxygen atoms in total. The number of aryl methyl sites for hydroxylation is 1. The van der Waals surface area contributed by atoms with Crippen molar-refractivity contribution < 1.29 is 4.79 Å². The molecule has 148 valence electrons. The fourth-order valence-corrected chi connectivity index (χ4v) is 4.02. The zero-order valence-electron chi connectivity index (χ0n) is 16.3. The highest BCUT2D eigenvalue weighted by molar-refractivity contribution is 5.94. The SMILES string of the molecule is Cc1c[nH]c(C2CCN(C(=O)c3cnc(NC4(c5cncnc5)CC4)nc3)C2)c1. The van der Waals surface area contributed by atoms with Crippen LogP contribution in [0.4, 0.5) is 5.95 Å². The minimum Gasteiger partial charge on any atom is -0.364 e. The Morgan fingerprint density at radius 2 is 1.97 bits per heavy atom. The Balaban J connectivity index is 1.24. The molecule has 3 aromatic rings. The zero-order valence-corrected chi connectivity index (χ0v) is 16.3. The summed E-state index contributed by atoms with van der Waals surface area (Å²) in [5.41, 5.74) is 3.78. The van der Waals surface area contributed by atoms with Gasteiger partial charge in [0.15, 0.2) is 0 Å². The van der Waals surface area contributed by atoms with Crippen LogP contribution in [0.3, 0.4) is 0 Å². The predicted octanol–water partition coefficient (Wildman–Crippen LogP) is 2.63. The molecule has 0 spiro atoms. The summed E-state index contributed by atoms with van der Waals surface area (Å²) in [6.45, 7) is 3.54. The number of rotatable bonds is 5. The molecule has 2 fully saturated rings. The molecule has 4 heterocycles. The van der Waals surface area contributed by atoms with Gasteiger partial charge in [0.1, 0.15) is 6.33 Å².